The third-order valence-corrected chi connectivity index (χ3v) is 3.29. The standard InChI is InChI=1S/C17H21N3O2/c1-12-6-7-15(18)16(10-12)20-17(21)19-9-8-13-4-3-5-14(11-13)22-2/h3-7,10-11H,8-9,18H2,1-2H3,(H2,19,20,21). The van der Waals surface area contributed by atoms with Gasteiger partial charge in [-0.25, -0.2) is 4.79 Å². The largest absolute Gasteiger partial charge is 0.497 e. The molecule has 0 bridgehead atoms. The highest BCUT2D eigenvalue weighted by Crippen LogP contribution is 2.19. The molecule has 0 aliphatic rings. The highest BCUT2D eigenvalue weighted by atomic mass is 16.5. The van der Waals surface area contributed by atoms with Crippen LogP contribution in [-0.4, -0.2) is 19.7 Å². The zero-order valence-electron chi connectivity index (χ0n) is 12.8. The minimum Gasteiger partial charge on any atom is -0.497 e. The lowest BCUT2D eigenvalue weighted by molar-refractivity contribution is 0.252. The Balaban J connectivity index is 1.84. The first-order chi connectivity index (χ1) is 10.6. The lowest BCUT2D eigenvalue weighted by Gasteiger charge is -2.10. The van der Waals surface area contributed by atoms with Crippen LogP contribution in [0.3, 0.4) is 0 Å². The van der Waals surface area contributed by atoms with Crippen molar-refractivity contribution in [3.63, 3.8) is 0 Å². The average molecular weight is 299 g/mol. The van der Waals surface area contributed by atoms with Crippen molar-refractivity contribution >= 4 is 17.4 Å². The molecule has 0 unspecified atom stereocenters. The number of carbonyl (C=O) groups excluding carboxylic acids is 1. The van der Waals surface area contributed by atoms with Crippen LogP contribution in [0.1, 0.15) is 11.1 Å². The Bertz CT molecular complexity index is 656. The zero-order valence-corrected chi connectivity index (χ0v) is 12.8. The normalized spacial score (nSPS) is 10.1. The summed E-state index contributed by atoms with van der Waals surface area (Å²) >= 11 is 0. The van der Waals surface area contributed by atoms with E-state index in [9.17, 15) is 4.79 Å². The molecule has 0 saturated heterocycles. The Labute approximate surface area is 130 Å². The van der Waals surface area contributed by atoms with Crippen molar-refractivity contribution in [3.05, 3.63) is 53.6 Å². The molecule has 5 nitrogen and oxygen atoms in total. The third kappa shape index (κ3) is 4.41. The van der Waals surface area contributed by atoms with Gasteiger partial charge in [-0.1, -0.05) is 18.2 Å². The number of anilines is 2. The van der Waals surface area contributed by atoms with Gasteiger partial charge < -0.3 is 21.1 Å². The Kier molecular flexibility index (Phi) is 5.25. The van der Waals surface area contributed by atoms with E-state index < -0.39 is 0 Å². The summed E-state index contributed by atoms with van der Waals surface area (Å²) in [5.74, 6) is 0.814. The molecule has 0 atom stereocenters. The number of rotatable bonds is 5. The first-order valence-corrected chi connectivity index (χ1v) is 7.12. The van der Waals surface area contributed by atoms with Crippen LogP contribution in [0.5, 0.6) is 5.75 Å². The van der Waals surface area contributed by atoms with Gasteiger partial charge in [-0.15, -0.1) is 0 Å². The Morgan fingerprint density at radius 1 is 1.23 bits per heavy atom. The molecule has 2 rings (SSSR count). The Hall–Kier alpha value is -2.69. The van der Waals surface area contributed by atoms with Crippen molar-refractivity contribution in [1.29, 1.82) is 0 Å². The van der Waals surface area contributed by atoms with Crippen LogP contribution in [0, 0.1) is 6.92 Å². The van der Waals surface area contributed by atoms with E-state index >= 15 is 0 Å². The van der Waals surface area contributed by atoms with Crippen molar-refractivity contribution < 1.29 is 9.53 Å². The van der Waals surface area contributed by atoms with Crippen molar-refractivity contribution in [2.45, 2.75) is 13.3 Å². The molecule has 2 aromatic carbocycles. The molecule has 116 valence electrons. The summed E-state index contributed by atoms with van der Waals surface area (Å²) < 4.78 is 5.17. The monoisotopic (exact) mass is 299 g/mol. The van der Waals surface area contributed by atoms with Crippen LogP contribution in [0.15, 0.2) is 42.5 Å². The van der Waals surface area contributed by atoms with Crippen molar-refractivity contribution in [2.75, 3.05) is 24.7 Å². The molecule has 0 saturated carbocycles. The maximum absolute atomic E-state index is 11.9. The van der Waals surface area contributed by atoms with Crippen molar-refractivity contribution in [3.8, 4) is 5.75 Å². The highest BCUT2D eigenvalue weighted by molar-refractivity contribution is 5.92. The molecular weight excluding hydrogens is 278 g/mol. The lowest BCUT2D eigenvalue weighted by Crippen LogP contribution is -2.30. The van der Waals surface area contributed by atoms with E-state index in [0.717, 1.165) is 23.3 Å². The quantitative estimate of drug-likeness (QED) is 0.743. The molecule has 0 aromatic heterocycles. The Morgan fingerprint density at radius 3 is 2.82 bits per heavy atom. The average Bonchev–Trinajstić information content (AvgIpc) is 2.51. The van der Waals surface area contributed by atoms with Gasteiger partial charge in [0.25, 0.3) is 0 Å². The fraction of sp³-hybridized carbons (Fsp3) is 0.235. The van der Waals surface area contributed by atoms with E-state index in [1.165, 1.54) is 0 Å². The predicted molar refractivity (Wildman–Crippen MR) is 89.3 cm³/mol. The molecule has 2 amide bonds. The van der Waals surface area contributed by atoms with E-state index in [1.54, 1.807) is 13.2 Å². The molecule has 22 heavy (non-hydrogen) atoms. The minimum atomic E-state index is -0.264. The predicted octanol–water partition coefficient (Wildman–Crippen LogP) is 2.95. The highest BCUT2D eigenvalue weighted by Gasteiger charge is 2.05. The summed E-state index contributed by atoms with van der Waals surface area (Å²) in [6.45, 7) is 2.48. The van der Waals surface area contributed by atoms with Crippen LogP contribution in [0.25, 0.3) is 0 Å². The number of aryl methyl sites for hydroxylation is 1. The molecule has 0 spiro atoms. The van der Waals surface area contributed by atoms with Crippen molar-refractivity contribution in [1.82, 2.24) is 5.32 Å². The number of nitrogen functional groups attached to an aromatic ring is 1. The van der Waals surface area contributed by atoms with Gasteiger partial charge in [-0.05, 0) is 48.7 Å². The molecule has 0 radical (unpaired) electrons. The fourth-order valence-electron chi connectivity index (χ4n) is 2.09. The van der Waals surface area contributed by atoms with Gasteiger partial charge in [0.05, 0.1) is 18.5 Å². The number of urea groups is 1. The summed E-state index contributed by atoms with van der Waals surface area (Å²) in [4.78, 5) is 11.9. The van der Waals surface area contributed by atoms with Crippen LogP contribution >= 0.6 is 0 Å². The second-order valence-corrected chi connectivity index (χ2v) is 5.07. The number of amides is 2. The molecule has 0 aliphatic heterocycles. The number of nitrogens with two attached hydrogens (primary N) is 1. The van der Waals surface area contributed by atoms with E-state index in [0.29, 0.717) is 17.9 Å². The van der Waals surface area contributed by atoms with Crippen LogP contribution < -0.4 is 21.1 Å². The van der Waals surface area contributed by atoms with E-state index in [4.69, 9.17) is 10.5 Å². The summed E-state index contributed by atoms with van der Waals surface area (Å²) in [6, 6.07) is 13.0. The number of methoxy groups -OCH3 is 1. The van der Waals surface area contributed by atoms with Gasteiger partial charge in [0.1, 0.15) is 5.75 Å². The first-order valence-electron chi connectivity index (χ1n) is 7.12. The molecular formula is C17H21N3O2. The second kappa shape index (κ2) is 7.36. The molecule has 0 fully saturated rings. The number of benzene rings is 2. The van der Waals surface area contributed by atoms with Crippen LogP contribution in [0.2, 0.25) is 0 Å². The summed E-state index contributed by atoms with van der Waals surface area (Å²) in [5, 5.41) is 5.58. The number of nitrogens with one attached hydrogen (secondary N) is 2. The number of ether oxygens (including phenoxy) is 1. The maximum atomic E-state index is 11.9. The van der Waals surface area contributed by atoms with E-state index in [-0.39, 0.29) is 6.03 Å². The molecule has 4 N–H and O–H groups in total. The molecule has 5 heteroatoms. The van der Waals surface area contributed by atoms with Crippen LogP contribution in [0.4, 0.5) is 16.2 Å². The zero-order chi connectivity index (χ0) is 15.9. The fourth-order valence-corrected chi connectivity index (χ4v) is 2.09. The van der Waals surface area contributed by atoms with Gasteiger partial charge in [0.15, 0.2) is 0 Å². The molecule has 2 aromatic rings. The summed E-state index contributed by atoms with van der Waals surface area (Å²) in [7, 11) is 1.64. The van der Waals surface area contributed by atoms with Crippen molar-refractivity contribution in [2.24, 2.45) is 0 Å². The number of carbonyl (C=O) groups is 1. The molecule has 0 heterocycles. The van der Waals surface area contributed by atoms with E-state index in [1.807, 2.05) is 43.3 Å². The topological polar surface area (TPSA) is 76.4 Å². The number of hydrogen-bond donors (Lipinski definition) is 3. The first kappa shape index (κ1) is 15.7. The third-order valence-electron chi connectivity index (χ3n) is 3.29. The smallest absolute Gasteiger partial charge is 0.319 e. The summed E-state index contributed by atoms with van der Waals surface area (Å²) in [6.07, 6.45) is 0.730. The van der Waals surface area contributed by atoms with Gasteiger partial charge in [0, 0.05) is 6.54 Å². The van der Waals surface area contributed by atoms with E-state index in [2.05, 4.69) is 10.6 Å². The minimum absolute atomic E-state index is 0.264. The second-order valence-electron chi connectivity index (χ2n) is 5.07. The SMILES string of the molecule is COc1cccc(CCNC(=O)Nc2cc(C)ccc2N)c1. The van der Waals surface area contributed by atoms with Crippen LogP contribution in [-0.2, 0) is 6.42 Å². The molecule has 0 aliphatic carbocycles. The van der Waals surface area contributed by atoms with Gasteiger partial charge in [0.2, 0.25) is 0 Å². The number of hydrogen-bond acceptors (Lipinski definition) is 3. The van der Waals surface area contributed by atoms with Gasteiger partial charge in [-0.3, -0.25) is 0 Å². The lowest BCUT2D eigenvalue weighted by atomic mass is 10.1. The van der Waals surface area contributed by atoms with Gasteiger partial charge >= 0.3 is 6.03 Å². The maximum Gasteiger partial charge on any atom is 0.319 e. The Morgan fingerprint density at radius 2 is 2.05 bits per heavy atom. The summed E-state index contributed by atoms with van der Waals surface area (Å²) in [5.41, 5.74) is 9.16. The van der Waals surface area contributed by atoms with Gasteiger partial charge in [-0.2, -0.15) is 0 Å².